The van der Waals surface area contributed by atoms with Crippen LogP contribution in [0.5, 0.6) is 0 Å². The molecule has 3 atom stereocenters. The molecule has 3 unspecified atom stereocenters. The van der Waals surface area contributed by atoms with Gasteiger partial charge in [-0.3, -0.25) is 9.69 Å². The molecule has 0 spiro atoms. The lowest BCUT2D eigenvalue weighted by molar-refractivity contribution is -0.137. The van der Waals surface area contributed by atoms with Gasteiger partial charge in [-0.1, -0.05) is 6.92 Å². The standard InChI is InChI=1S/C14H26F2N2O2/c1-3-10(2)18-8-11(4-5-14(19)20)6-12(9-18)17-7-13(15)16/h10-13,17H,3-9H2,1-2H3,(H,19,20). The van der Waals surface area contributed by atoms with Crippen LogP contribution in [-0.2, 0) is 4.79 Å². The topological polar surface area (TPSA) is 52.6 Å². The van der Waals surface area contributed by atoms with Crippen LogP contribution >= 0.6 is 0 Å². The van der Waals surface area contributed by atoms with Gasteiger partial charge in [0.2, 0.25) is 0 Å². The van der Waals surface area contributed by atoms with E-state index in [-0.39, 0.29) is 24.9 Å². The highest BCUT2D eigenvalue weighted by Gasteiger charge is 2.29. The van der Waals surface area contributed by atoms with Crippen molar-refractivity contribution in [1.29, 1.82) is 0 Å². The molecule has 0 aromatic carbocycles. The number of aliphatic carboxylic acids is 1. The molecule has 1 aliphatic rings. The van der Waals surface area contributed by atoms with E-state index in [1.165, 1.54) is 0 Å². The second-order valence-electron chi connectivity index (χ2n) is 5.74. The van der Waals surface area contributed by atoms with Crippen molar-refractivity contribution in [3.8, 4) is 0 Å². The molecule has 1 saturated heterocycles. The van der Waals surface area contributed by atoms with Crippen LogP contribution in [0.25, 0.3) is 0 Å². The van der Waals surface area contributed by atoms with Crippen LogP contribution in [0.4, 0.5) is 8.78 Å². The second-order valence-corrected chi connectivity index (χ2v) is 5.74. The number of alkyl halides is 2. The van der Waals surface area contributed by atoms with Crippen molar-refractivity contribution in [3.05, 3.63) is 0 Å². The van der Waals surface area contributed by atoms with Crippen LogP contribution in [0, 0.1) is 5.92 Å². The lowest BCUT2D eigenvalue weighted by Gasteiger charge is -2.41. The largest absolute Gasteiger partial charge is 0.481 e. The Balaban J connectivity index is 2.54. The summed E-state index contributed by atoms with van der Waals surface area (Å²) < 4.78 is 24.6. The van der Waals surface area contributed by atoms with Crippen LogP contribution < -0.4 is 5.32 Å². The number of carboxylic acid groups (broad SMARTS) is 1. The molecule has 0 aromatic heterocycles. The van der Waals surface area contributed by atoms with Gasteiger partial charge < -0.3 is 10.4 Å². The Morgan fingerprint density at radius 1 is 1.45 bits per heavy atom. The minimum Gasteiger partial charge on any atom is -0.481 e. The molecule has 1 heterocycles. The molecule has 0 saturated carbocycles. The van der Waals surface area contributed by atoms with Crippen LogP contribution in [0.2, 0.25) is 0 Å². The van der Waals surface area contributed by atoms with Gasteiger partial charge in [-0.2, -0.15) is 0 Å². The Labute approximate surface area is 119 Å². The number of rotatable bonds is 8. The van der Waals surface area contributed by atoms with E-state index in [1.54, 1.807) is 0 Å². The first kappa shape index (κ1) is 17.3. The predicted molar refractivity (Wildman–Crippen MR) is 74.1 cm³/mol. The fraction of sp³-hybridized carbons (Fsp3) is 0.929. The van der Waals surface area contributed by atoms with Crippen molar-refractivity contribution in [2.45, 2.75) is 58.0 Å². The Kier molecular flexibility index (Phi) is 7.37. The lowest BCUT2D eigenvalue weighted by Crippen LogP contribution is -2.52. The third-order valence-corrected chi connectivity index (χ3v) is 4.11. The Morgan fingerprint density at radius 2 is 2.15 bits per heavy atom. The van der Waals surface area contributed by atoms with Gasteiger partial charge in [0.15, 0.2) is 0 Å². The van der Waals surface area contributed by atoms with Gasteiger partial charge in [-0.15, -0.1) is 0 Å². The molecule has 20 heavy (non-hydrogen) atoms. The molecule has 6 heteroatoms. The van der Waals surface area contributed by atoms with Crippen molar-refractivity contribution in [3.63, 3.8) is 0 Å². The van der Waals surface area contributed by atoms with Gasteiger partial charge in [0.1, 0.15) is 0 Å². The van der Waals surface area contributed by atoms with Crippen LogP contribution in [0.3, 0.4) is 0 Å². The first-order valence-electron chi connectivity index (χ1n) is 7.39. The first-order valence-corrected chi connectivity index (χ1v) is 7.39. The Bertz CT molecular complexity index is 303. The summed E-state index contributed by atoms with van der Waals surface area (Å²) in [5.41, 5.74) is 0. The maximum Gasteiger partial charge on any atom is 0.303 e. The van der Waals surface area contributed by atoms with Crippen LogP contribution in [-0.4, -0.2) is 54.1 Å². The summed E-state index contributed by atoms with van der Waals surface area (Å²) in [7, 11) is 0. The quantitative estimate of drug-likeness (QED) is 0.720. The zero-order valence-corrected chi connectivity index (χ0v) is 12.3. The van der Waals surface area contributed by atoms with Crippen molar-refractivity contribution in [1.82, 2.24) is 10.2 Å². The zero-order chi connectivity index (χ0) is 15.1. The molecule has 0 amide bonds. The first-order chi connectivity index (χ1) is 9.42. The number of halogens is 2. The summed E-state index contributed by atoms with van der Waals surface area (Å²) in [5, 5.41) is 11.7. The lowest BCUT2D eigenvalue weighted by atomic mass is 9.89. The van der Waals surface area contributed by atoms with Crippen LogP contribution in [0.15, 0.2) is 0 Å². The minimum absolute atomic E-state index is 0.0329. The van der Waals surface area contributed by atoms with Gasteiger partial charge in [-0.05, 0) is 32.1 Å². The van der Waals surface area contributed by atoms with E-state index >= 15 is 0 Å². The molecule has 0 bridgehead atoms. The molecular formula is C14H26F2N2O2. The third kappa shape index (κ3) is 6.13. The second kappa shape index (κ2) is 8.52. The number of piperidine rings is 1. The summed E-state index contributed by atoms with van der Waals surface area (Å²) in [6.07, 6.45) is 0.224. The molecular weight excluding hydrogens is 266 g/mol. The van der Waals surface area contributed by atoms with E-state index < -0.39 is 12.4 Å². The van der Waals surface area contributed by atoms with Crippen molar-refractivity contribution in [2.24, 2.45) is 5.92 Å². The van der Waals surface area contributed by atoms with E-state index in [0.29, 0.717) is 12.5 Å². The number of nitrogens with one attached hydrogen (secondary N) is 1. The average Bonchev–Trinajstić information content (AvgIpc) is 2.41. The molecule has 118 valence electrons. The van der Waals surface area contributed by atoms with Crippen molar-refractivity contribution >= 4 is 5.97 Å². The monoisotopic (exact) mass is 292 g/mol. The Hall–Kier alpha value is -0.750. The van der Waals surface area contributed by atoms with Gasteiger partial charge >= 0.3 is 5.97 Å². The highest BCUT2D eigenvalue weighted by atomic mass is 19.3. The van der Waals surface area contributed by atoms with E-state index in [2.05, 4.69) is 24.1 Å². The highest BCUT2D eigenvalue weighted by Crippen LogP contribution is 2.24. The summed E-state index contributed by atoms with van der Waals surface area (Å²) in [6.45, 7) is 5.59. The molecule has 1 fully saturated rings. The molecule has 0 radical (unpaired) electrons. The fourth-order valence-corrected chi connectivity index (χ4v) is 2.80. The van der Waals surface area contributed by atoms with E-state index in [9.17, 15) is 13.6 Å². The van der Waals surface area contributed by atoms with E-state index in [1.807, 2.05) is 0 Å². The summed E-state index contributed by atoms with van der Waals surface area (Å²) in [4.78, 5) is 13.0. The molecule has 1 aliphatic heterocycles. The number of carbonyl (C=O) groups is 1. The SMILES string of the molecule is CCC(C)N1CC(CCC(=O)O)CC(NCC(F)F)C1. The van der Waals surface area contributed by atoms with Gasteiger partial charge in [0.25, 0.3) is 6.43 Å². The summed E-state index contributed by atoms with van der Waals surface area (Å²) >= 11 is 0. The van der Waals surface area contributed by atoms with Crippen molar-refractivity contribution in [2.75, 3.05) is 19.6 Å². The normalized spacial score (nSPS) is 25.9. The summed E-state index contributed by atoms with van der Waals surface area (Å²) in [5.74, 6) is -0.522. The number of likely N-dealkylation sites (tertiary alicyclic amines) is 1. The third-order valence-electron chi connectivity index (χ3n) is 4.11. The predicted octanol–water partition coefficient (Wildman–Crippen LogP) is 2.19. The zero-order valence-electron chi connectivity index (χ0n) is 12.3. The molecule has 0 aliphatic carbocycles. The highest BCUT2D eigenvalue weighted by molar-refractivity contribution is 5.66. The Morgan fingerprint density at radius 3 is 2.70 bits per heavy atom. The smallest absolute Gasteiger partial charge is 0.303 e. The average molecular weight is 292 g/mol. The van der Waals surface area contributed by atoms with Gasteiger partial charge in [0, 0.05) is 31.6 Å². The number of hydrogen-bond donors (Lipinski definition) is 2. The number of nitrogens with zero attached hydrogens (tertiary/aromatic N) is 1. The van der Waals surface area contributed by atoms with E-state index in [4.69, 9.17) is 5.11 Å². The van der Waals surface area contributed by atoms with Gasteiger partial charge in [0.05, 0.1) is 6.54 Å². The molecule has 4 nitrogen and oxygen atoms in total. The minimum atomic E-state index is -2.34. The summed E-state index contributed by atoms with van der Waals surface area (Å²) in [6, 6.07) is 0.434. The molecule has 1 rings (SSSR count). The fourth-order valence-electron chi connectivity index (χ4n) is 2.80. The maximum absolute atomic E-state index is 12.3. The van der Waals surface area contributed by atoms with Crippen molar-refractivity contribution < 1.29 is 18.7 Å². The maximum atomic E-state index is 12.3. The molecule has 0 aromatic rings. The molecule has 2 N–H and O–H groups in total. The number of hydrogen-bond acceptors (Lipinski definition) is 3. The van der Waals surface area contributed by atoms with Gasteiger partial charge in [-0.25, -0.2) is 8.78 Å². The van der Waals surface area contributed by atoms with Crippen LogP contribution in [0.1, 0.15) is 39.5 Å². The van der Waals surface area contributed by atoms with E-state index in [0.717, 1.165) is 25.9 Å². The number of carboxylic acids is 1.